The first kappa shape index (κ1) is 14.9. The quantitative estimate of drug-likeness (QED) is 0.905. The number of benzene rings is 1. The van der Waals surface area contributed by atoms with Crippen LogP contribution in [0.5, 0.6) is 0 Å². The zero-order valence-corrected chi connectivity index (χ0v) is 13.2. The third-order valence-corrected chi connectivity index (χ3v) is 5.64. The predicted octanol–water partition coefficient (Wildman–Crippen LogP) is 2.25. The van der Waals surface area contributed by atoms with Crippen molar-refractivity contribution in [2.24, 2.45) is 0 Å². The number of hydrogen-bond acceptors (Lipinski definition) is 4. The number of nitrogens with zero attached hydrogens (tertiary/aromatic N) is 2. The second-order valence-corrected chi connectivity index (χ2v) is 7.30. The Kier molecular flexibility index (Phi) is 4.84. The first-order chi connectivity index (χ1) is 10.3. The second-order valence-electron chi connectivity index (χ2n) is 6.07. The van der Waals surface area contributed by atoms with Crippen LogP contribution in [0.25, 0.3) is 0 Å². The van der Waals surface area contributed by atoms with E-state index in [1.165, 1.54) is 30.2 Å². The van der Waals surface area contributed by atoms with Gasteiger partial charge < -0.3 is 10.2 Å². The van der Waals surface area contributed by atoms with Gasteiger partial charge in [0.05, 0.1) is 11.5 Å². The van der Waals surface area contributed by atoms with Gasteiger partial charge in [0.25, 0.3) is 0 Å². The number of nitriles is 1. The van der Waals surface area contributed by atoms with Crippen LogP contribution in [0.15, 0.2) is 30.3 Å². The van der Waals surface area contributed by atoms with Gasteiger partial charge in [0.1, 0.15) is 0 Å². The van der Waals surface area contributed by atoms with Gasteiger partial charge in [-0.05, 0) is 18.4 Å². The Morgan fingerprint density at radius 3 is 2.62 bits per heavy atom. The third kappa shape index (κ3) is 3.42. The molecule has 1 N–H and O–H groups in total. The maximum Gasteiger partial charge on any atom is 0.0852 e. The normalized spacial score (nSPS) is 29.6. The van der Waals surface area contributed by atoms with Gasteiger partial charge in [-0.3, -0.25) is 0 Å². The van der Waals surface area contributed by atoms with Crippen LogP contribution >= 0.6 is 11.8 Å². The van der Waals surface area contributed by atoms with Crippen LogP contribution in [-0.4, -0.2) is 48.6 Å². The molecule has 1 aromatic carbocycles. The lowest BCUT2D eigenvalue weighted by molar-refractivity contribution is 0.213. The summed E-state index contributed by atoms with van der Waals surface area (Å²) in [4.78, 5) is 2.54. The van der Waals surface area contributed by atoms with Gasteiger partial charge in [0.15, 0.2) is 0 Å². The fraction of sp³-hybridized carbons (Fsp3) is 0.588. The molecule has 21 heavy (non-hydrogen) atoms. The Hall–Kier alpha value is -1.02. The topological polar surface area (TPSA) is 39.1 Å². The highest BCUT2D eigenvalue weighted by molar-refractivity contribution is 7.99. The highest BCUT2D eigenvalue weighted by atomic mass is 32.2. The van der Waals surface area contributed by atoms with E-state index in [1.54, 1.807) is 0 Å². The maximum atomic E-state index is 9.55. The second kappa shape index (κ2) is 6.83. The van der Waals surface area contributed by atoms with Crippen LogP contribution in [0.1, 0.15) is 18.4 Å². The van der Waals surface area contributed by atoms with E-state index in [9.17, 15) is 5.26 Å². The molecule has 1 heterocycles. The van der Waals surface area contributed by atoms with Crippen molar-refractivity contribution in [3.05, 3.63) is 35.9 Å². The average molecular weight is 301 g/mol. The summed E-state index contributed by atoms with van der Waals surface area (Å²) in [7, 11) is 0. The average Bonchev–Trinajstić information content (AvgIpc) is 2.52. The molecule has 1 aromatic rings. The Bertz CT molecular complexity index is 485. The Morgan fingerprint density at radius 1 is 1.24 bits per heavy atom. The van der Waals surface area contributed by atoms with E-state index in [0.717, 1.165) is 25.9 Å². The van der Waals surface area contributed by atoms with E-state index in [-0.39, 0.29) is 5.41 Å². The minimum atomic E-state index is -0.249. The number of nitrogens with one attached hydrogen (secondary N) is 1. The summed E-state index contributed by atoms with van der Waals surface area (Å²) in [5.74, 6) is 2.55. The summed E-state index contributed by atoms with van der Waals surface area (Å²) >= 11 is 2.06. The monoisotopic (exact) mass is 301 g/mol. The Labute approximate surface area is 131 Å². The predicted molar refractivity (Wildman–Crippen MR) is 88.5 cm³/mol. The first-order valence-corrected chi connectivity index (χ1v) is 8.98. The zero-order chi connectivity index (χ0) is 14.5. The zero-order valence-electron chi connectivity index (χ0n) is 12.4. The summed E-state index contributed by atoms with van der Waals surface area (Å²) in [6, 6.07) is 13.3. The van der Waals surface area contributed by atoms with Crippen molar-refractivity contribution in [2.75, 3.05) is 37.7 Å². The van der Waals surface area contributed by atoms with Crippen molar-refractivity contribution >= 4 is 11.8 Å². The molecule has 112 valence electrons. The van der Waals surface area contributed by atoms with E-state index in [2.05, 4.69) is 40.2 Å². The highest BCUT2D eigenvalue weighted by Gasteiger charge is 2.45. The molecule has 0 radical (unpaired) electrons. The van der Waals surface area contributed by atoms with E-state index in [1.807, 2.05) is 18.2 Å². The lowest BCUT2D eigenvalue weighted by Gasteiger charge is -2.43. The van der Waals surface area contributed by atoms with Crippen molar-refractivity contribution in [1.29, 1.82) is 5.26 Å². The summed E-state index contributed by atoms with van der Waals surface area (Å²) in [6.45, 7) is 4.64. The van der Waals surface area contributed by atoms with Gasteiger partial charge in [-0.1, -0.05) is 30.3 Å². The summed E-state index contributed by atoms with van der Waals surface area (Å²) in [6.07, 6.45) is 1.90. The lowest BCUT2D eigenvalue weighted by Crippen LogP contribution is -2.52. The molecule has 0 atom stereocenters. The molecular weight excluding hydrogens is 278 g/mol. The fourth-order valence-corrected chi connectivity index (χ4v) is 4.30. The summed E-state index contributed by atoms with van der Waals surface area (Å²) in [5, 5.41) is 13.2. The third-order valence-electron chi connectivity index (χ3n) is 4.69. The highest BCUT2D eigenvalue weighted by Crippen LogP contribution is 2.43. The largest absolute Gasteiger partial charge is 0.313 e. The molecule has 0 aromatic heterocycles. The first-order valence-electron chi connectivity index (χ1n) is 7.83. The van der Waals surface area contributed by atoms with Gasteiger partial charge in [-0.2, -0.15) is 17.0 Å². The molecule has 0 spiro atoms. The fourth-order valence-electron chi connectivity index (χ4n) is 3.33. The maximum absolute atomic E-state index is 9.55. The minimum absolute atomic E-state index is 0.249. The van der Waals surface area contributed by atoms with Gasteiger partial charge in [0, 0.05) is 43.7 Å². The molecule has 1 saturated heterocycles. The Balaban J connectivity index is 1.43. The van der Waals surface area contributed by atoms with Crippen LogP contribution in [-0.2, 0) is 5.41 Å². The molecule has 4 heteroatoms. The number of rotatable bonds is 5. The van der Waals surface area contributed by atoms with Crippen molar-refractivity contribution in [1.82, 2.24) is 10.2 Å². The van der Waals surface area contributed by atoms with Crippen molar-refractivity contribution in [3.8, 4) is 6.07 Å². The van der Waals surface area contributed by atoms with Gasteiger partial charge in [0.2, 0.25) is 0 Å². The molecular formula is C17H23N3S. The number of hydrogen-bond donors (Lipinski definition) is 1. The summed E-state index contributed by atoms with van der Waals surface area (Å²) in [5.41, 5.74) is 0.930. The van der Waals surface area contributed by atoms with Gasteiger partial charge in [-0.15, -0.1) is 0 Å². The molecule has 0 amide bonds. The van der Waals surface area contributed by atoms with Crippen LogP contribution in [0.3, 0.4) is 0 Å². The molecule has 0 bridgehead atoms. The molecule has 2 aliphatic rings. The van der Waals surface area contributed by atoms with E-state index >= 15 is 0 Å². The van der Waals surface area contributed by atoms with Gasteiger partial charge in [-0.25, -0.2) is 0 Å². The molecule has 1 aliphatic heterocycles. The SMILES string of the molecule is N#CC1(c2ccccc2)CC(NCCN2CCSCC2)C1. The molecule has 0 unspecified atom stereocenters. The van der Waals surface area contributed by atoms with Crippen molar-refractivity contribution in [2.45, 2.75) is 24.3 Å². The van der Waals surface area contributed by atoms with Crippen LogP contribution < -0.4 is 5.32 Å². The lowest BCUT2D eigenvalue weighted by atomic mass is 9.62. The van der Waals surface area contributed by atoms with E-state index < -0.39 is 0 Å². The van der Waals surface area contributed by atoms with E-state index in [0.29, 0.717) is 6.04 Å². The standard InChI is InChI=1S/C17H23N3S/c18-14-17(15-4-2-1-3-5-15)12-16(13-17)19-6-7-20-8-10-21-11-9-20/h1-5,16,19H,6-13H2. The smallest absolute Gasteiger partial charge is 0.0852 e. The molecule has 2 fully saturated rings. The van der Waals surface area contributed by atoms with Crippen LogP contribution in [0, 0.1) is 11.3 Å². The summed E-state index contributed by atoms with van der Waals surface area (Å²) < 4.78 is 0. The van der Waals surface area contributed by atoms with E-state index in [4.69, 9.17) is 0 Å². The van der Waals surface area contributed by atoms with Gasteiger partial charge >= 0.3 is 0 Å². The van der Waals surface area contributed by atoms with Crippen LogP contribution in [0.4, 0.5) is 0 Å². The minimum Gasteiger partial charge on any atom is -0.313 e. The molecule has 3 nitrogen and oxygen atoms in total. The molecule has 3 rings (SSSR count). The molecule has 1 saturated carbocycles. The molecule has 1 aliphatic carbocycles. The van der Waals surface area contributed by atoms with Crippen molar-refractivity contribution in [3.63, 3.8) is 0 Å². The number of thioether (sulfide) groups is 1. The Morgan fingerprint density at radius 2 is 1.95 bits per heavy atom. The van der Waals surface area contributed by atoms with Crippen LogP contribution in [0.2, 0.25) is 0 Å². The van der Waals surface area contributed by atoms with Crippen molar-refractivity contribution < 1.29 is 0 Å².